The van der Waals surface area contributed by atoms with Gasteiger partial charge in [-0.2, -0.15) is 18.4 Å². The fourth-order valence-electron chi connectivity index (χ4n) is 2.18. The molecule has 1 aromatic carbocycles. The number of nitriles is 1. The highest BCUT2D eigenvalue weighted by Crippen LogP contribution is 2.39. The quantitative estimate of drug-likeness (QED) is 0.909. The van der Waals surface area contributed by atoms with E-state index in [9.17, 15) is 18.0 Å². The Morgan fingerprint density at radius 1 is 1.41 bits per heavy atom. The van der Waals surface area contributed by atoms with Crippen LogP contribution in [-0.4, -0.2) is 18.1 Å². The van der Waals surface area contributed by atoms with Gasteiger partial charge in [0.25, 0.3) is 5.91 Å². The lowest BCUT2D eigenvalue weighted by molar-refractivity contribution is -0.139. The van der Waals surface area contributed by atoms with Crippen molar-refractivity contribution in [3.05, 3.63) is 29.8 Å². The average Bonchev–Trinajstić information content (AvgIpc) is 3.29. The number of hydrogen-bond acceptors (Lipinski definition) is 3. The zero-order valence-electron chi connectivity index (χ0n) is 11.9. The second-order valence-corrected chi connectivity index (χ2v) is 5.42. The summed E-state index contributed by atoms with van der Waals surface area (Å²) < 4.78 is 43.3. The predicted molar refractivity (Wildman–Crippen MR) is 71.8 cm³/mol. The third-order valence-electron chi connectivity index (χ3n) is 3.58. The van der Waals surface area contributed by atoms with Crippen molar-refractivity contribution in [2.45, 2.75) is 31.5 Å². The highest BCUT2D eigenvalue weighted by molar-refractivity contribution is 5.79. The summed E-state index contributed by atoms with van der Waals surface area (Å²) in [7, 11) is 0. The van der Waals surface area contributed by atoms with Gasteiger partial charge in [-0.1, -0.05) is 12.1 Å². The van der Waals surface area contributed by atoms with Gasteiger partial charge in [-0.15, -0.1) is 0 Å². The van der Waals surface area contributed by atoms with Crippen LogP contribution < -0.4 is 10.1 Å². The van der Waals surface area contributed by atoms with E-state index in [1.807, 2.05) is 6.07 Å². The van der Waals surface area contributed by atoms with Crippen molar-refractivity contribution in [2.24, 2.45) is 5.92 Å². The summed E-state index contributed by atoms with van der Waals surface area (Å²) in [6.07, 6.45) is -2.85. The molecule has 0 aromatic heterocycles. The standard InChI is InChI=1S/C15H15F3N2O2/c1-14(9-19,10-6-7-10)20-13(21)8-22-12-5-3-2-4-11(12)15(16,17)18/h2-5,10H,6-8H2,1H3,(H,20,21)/t14-/m1/s1. The molecule has 1 atom stereocenters. The first kappa shape index (κ1) is 16.1. The molecule has 0 heterocycles. The van der Waals surface area contributed by atoms with Crippen molar-refractivity contribution in [2.75, 3.05) is 6.61 Å². The van der Waals surface area contributed by atoms with Gasteiger partial charge in [-0.25, -0.2) is 0 Å². The van der Waals surface area contributed by atoms with E-state index in [4.69, 9.17) is 10.00 Å². The second kappa shape index (κ2) is 5.87. The van der Waals surface area contributed by atoms with E-state index in [-0.39, 0.29) is 5.92 Å². The normalized spacial score (nSPS) is 17.2. The first-order valence-corrected chi connectivity index (χ1v) is 6.77. The molecule has 7 heteroatoms. The van der Waals surface area contributed by atoms with Crippen molar-refractivity contribution < 1.29 is 22.7 Å². The van der Waals surface area contributed by atoms with E-state index in [1.54, 1.807) is 6.92 Å². The summed E-state index contributed by atoms with van der Waals surface area (Å²) in [5, 5.41) is 11.7. The van der Waals surface area contributed by atoms with Gasteiger partial charge in [-0.3, -0.25) is 4.79 Å². The minimum atomic E-state index is -4.55. The Balaban J connectivity index is 1.99. The van der Waals surface area contributed by atoms with Crippen LogP contribution in [0.15, 0.2) is 24.3 Å². The van der Waals surface area contributed by atoms with Gasteiger partial charge in [0.2, 0.25) is 0 Å². The summed E-state index contributed by atoms with van der Waals surface area (Å²) in [4.78, 5) is 11.8. The molecule has 118 valence electrons. The number of alkyl halides is 3. The van der Waals surface area contributed by atoms with Gasteiger partial charge < -0.3 is 10.1 Å². The molecule has 4 nitrogen and oxygen atoms in total. The van der Waals surface area contributed by atoms with E-state index >= 15 is 0 Å². The third kappa shape index (κ3) is 3.70. The molecule has 2 rings (SSSR count). The number of ether oxygens (including phenoxy) is 1. The minimum absolute atomic E-state index is 0.0870. The number of para-hydroxylation sites is 1. The number of hydrogen-bond donors (Lipinski definition) is 1. The van der Waals surface area contributed by atoms with Gasteiger partial charge >= 0.3 is 6.18 Å². The number of benzene rings is 1. The lowest BCUT2D eigenvalue weighted by Crippen LogP contribution is -2.48. The smallest absolute Gasteiger partial charge is 0.419 e. The molecule has 0 aliphatic heterocycles. The topological polar surface area (TPSA) is 62.1 Å². The molecular formula is C15H15F3N2O2. The Morgan fingerprint density at radius 2 is 2.05 bits per heavy atom. The van der Waals surface area contributed by atoms with Crippen molar-refractivity contribution in [1.29, 1.82) is 5.26 Å². The van der Waals surface area contributed by atoms with Crippen LogP contribution in [0.1, 0.15) is 25.3 Å². The largest absolute Gasteiger partial charge is 0.483 e. The first-order chi connectivity index (χ1) is 10.3. The average molecular weight is 312 g/mol. The number of nitrogens with zero attached hydrogens (tertiary/aromatic N) is 1. The Labute approximate surface area is 125 Å². The Hall–Kier alpha value is -2.23. The maximum Gasteiger partial charge on any atom is 0.419 e. The summed E-state index contributed by atoms with van der Waals surface area (Å²) in [5.74, 6) is -0.938. The van der Waals surface area contributed by atoms with Crippen LogP contribution in [0.4, 0.5) is 13.2 Å². The molecule has 1 saturated carbocycles. The molecule has 0 spiro atoms. The van der Waals surface area contributed by atoms with Gasteiger partial charge in [0.1, 0.15) is 11.3 Å². The van der Waals surface area contributed by atoms with Crippen molar-refractivity contribution in [1.82, 2.24) is 5.32 Å². The Bertz CT molecular complexity index is 606. The molecule has 1 aliphatic carbocycles. The molecule has 0 bridgehead atoms. The van der Waals surface area contributed by atoms with E-state index in [2.05, 4.69) is 5.32 Å². The number of rotatable bonds is 5. The fourth-order valence-corrected chi connectivity index (χ4v) is 2.18. The maximum absolute atomic E-state index is 12.8. The van der Waals surface area contributed by atoms with Crippen LogP contribution >= 0.6 is 0 Å². The van der Waals surface area contributed by atoms with Crippen molar-refractivity contribution >= 4 is 5.91 Å². The van der Waals surface area contributed by atoms with Crippen LogP contribution in [0.2, 0.25) is 0 Å². The highest BCUT2D eigenvalue weighted by Gasteiger charge is 2.43. The molecule has 1 amide bonds. The van der Waals surface area contributed by atoms with Crippen molar-refractivity contribution in [3.8, 4) is 11.8 Å². The monoisotopic (exact) mass is 312 g/mol. The Morgan fingerprint density at radius 3 is 2.59 bits per heavy atom. The highest BCUT2D eigenvalue weighted by atomic mass is 19.4. The molecule has 1 aromatic rings. The zero-order valence-corrected chi connectivity index (χ0v) is 11.9. The molecular weight excluding hydrogens is 297 g/mol. The maximum atomic E-state index is 12.8. The van der Waals surface area contributed by atoms with Crippen LogP contribution in [0, 0.1) is 17.2 Å². The van der Waals surface area contributed by atoms with Gasteiger partial charge in [0.15, 0.2) is 6.61 Å². The van der Waals surface area contributed by atoms with Crippen LogP contribution in [0.25, 0.3) is 0 Å². The molecule has 0 saturated heterocycles. The number of carbonyl (C=O) groups is 1. The summed E-state index contributed by atoms with van der Waals surface area (Å²) in [6.45, 7) is 1.03. The lowest BCUT2D eigenvalue weighted by Gasteiger charge is -2.23. The number of carbonyl (C=O) groups excluding carboxylic acids is 1. The number of halogens is 3. The SMILES string of the molecule is C[C@](C#N)(NC(=O)COc1ccccc1C(F)(F)F)C1CC1. The molecule has 1 aliphatic rings. The van der Waals surface area contributed by atoms with E-state index in [0.29, 0.717) is 0 Å². The molecule has 0 unspecified atom stereocenters. The van der Waals surface area contributed by atoms with Gasteiger partial charge in [0, 0.05) is 0 Å². The molecule has 1 fully saturated rings. The second-order valence-electron chi connectivity index (χ2n) is 5.42. The fraction of sp³-hybridized carbons (Fsp3) is 0.467. The first-order valence-electron chi connectivity index (χ1n) is 6.77. The van der Waals surface area contributed by atoms with Gasteiger partial charge in [0.05, 0.1) is 11.6 Å². The molecule has 1 N–H and O–H groups in total. The van der Waals surface area contributed by atoms with E-state index in [1.165, 1.54) is 12.1 Å². The number of nitrogens with one attached hydrogen (secondary N) is 1. The summed E-state index contributed by atoms with van der Waals surface area (Å²) >= 11 is 0. The van der Waals surface area contributed by atoms with E-state index in [0.717, 1.165) is 25.0 Å². The number of amides is 1. The summed E-state index contributed by atoms with van der Waals surface area (Å²) in [5.41, 5.74) is -1.93. The third-order valence-corrected chi connectivity index (χ3v) is 3.58. The van der Waals surface area contributed by atoms with Crippen LogP contribution in [0.3, 0.4) is 0 Å². The predicted octanol–water partition coefficient (Wildman–Crippen LogP) is 2.89. The minimum Gasteiger partial charge on any atom is -0.483 e. The van der Waals surface area contributed by atoms with Gasteiger partial charge in [-0.05, 0) is 37.8 Å². The molecule has 0 radical (unpaired) electrons. The molecule has 22 heavy (non-hydrogen) atoms. The summed E-state index contributed by atoms with van der Waals surface area (Å²) in [6, 6.07) is 6.72. The Kier molecular flexibility index (Phi) is 4.31. The van der Waals surface area contributed by atoms with E-state index < -0.39 is 35.5 Å². The lowest BCUT2D eigenvalue weighted by atomic mass is 9.98. The van der Waals surface area contributed by atoms with Crippen LogP contribution in [-0.2, 0) is 11.0 Å². The van der Waals surface area contributed by atoms with Crippen LogP contribution in [0.5, 0.6) is 5.75 Å². The zero-order chi connectivity index (χ0) is 16.4. The van der Waals surface area contributed by atoms with Crippen molar-refractivity contribution in [3.63, 3.8) is 0 Å².